The molecule has 0 aliphatic carbocycles. The Morgan fingerprint density at radius 1 is 1.00 bits per heavy atom. The average molecular weight is 397 g/mol. The average Bonchev–Trinajstić information content (AvgIpc) is 2.72. The monoisotopic (exact) mass is 397 g/mol. The largest absolute Gasteiger partial charge is 0.477 e. The SMILES string of the molecule is CCCC[N+](C)(C(=O)c1ccc(-c2ccccc2)cc1)[C@@H](CCC(N)=O)C(=O)O. The molecule has 3 N–H and O–H groups in total. The molecule has 0 heterocycles. The van der Waals surface area contributed by atoms with Crippen molar-refractivity contribution in [3.05, 3.63) is 60.2 Å². The molecule has 0 saturated heterocycles. The lowest BCUT2D eigenvalue weighted by atomic mass is 10.0. The van der Waals surface area contributed by atoms with E-state index < -0.39 is 17.9 Å². The van der Waals surface area contributed by atoms with Crippen LogP contribution in [0, 0.1) is 0 Å². The number of hydrogen-bond acceptors (Lipinski definition) is 3. The third-order valence-electron chi connectivity index (χ3n) is 5.32. The Hall–Kier alpha value is -2.99. The first-order valence-corrected chi connectivity index (χ1v) is 9.86. The molecule has 2 amide bonds. The van der Waals surface area contributed by atoms with E-state index in [1.807, 2.05) is 49.4 Å². The summed E-state index contributed by atoms with van der Waals surface area (Å²) in [6.45, 7) is 2.37. The van der Waals surface area contributed by atoms with Gasteiger partial charge in [0.25, 0.3) is 0 Å². The Kier molecular flexibility index (Phi) is 7.67. The molecule has 2 aromatic carbocycles. The Labute approximate surface area is 171 Å². The van der Waals surface area contributed by atoms with Crippen molar-refractivity contribution in [1.29, 1.82) is 0 Å². The second-order valence-corrected chi connectivity index (χ2v) is 7.45. The normalized spacial score (nSPS) is 14.0. The fourth-order valence-corrected chi connectivity index (χ4v) is 3.55. The van der Waals surface area contributed by atoms with Crippen LogP contribution in [0.1, 0.15) is 43.0 Å². The number of unbranched alkanes of at least 4 members (excludes halogenated alkanes) is 1. The number of carbonyl (C=O) groups is 3. The number of hydrogen-bond donors (Lipinski definition) is 2. The molecule has 2 aromatic rings. The van der Waals surface area contributed by atoms with Crippen molar-refractivity contribution < 1.29 is 24.0 Å². The van der Waals surface area contributed by atoms with Gasteiger partial charge < -0.3 is 10.8 Å². The predicted octanol–water partition coefficient (Wildman–Crippen LogP) is 3.46. The van der Waals surface area contributed by atoms with Gasteiger partial charge in [-0.25, -0.2) is 14.1 Å². The van der Waals surface area contributed by atoms with E-state index in [9.17, 15) is 19.5 Å². The van der Waals surface area contributed by atoms with E-state index in [2.05, 4.69) is 0 Å². The van der Waals surface area contributed by atoms with Gasteiger partial charge >= 0.3 is 11.9 Å². The van der Waals surface area contributed by atoms with Crippen LogP contribution in [0.5, 0.6) is 0 Å². The summed E-state index contributed by atoms with van der Waals surface area (Å²) in [5, 5.41) is 9.79. The van der Waals surface area contributed by atoms with Crippen LogP contribution in [0.25, 0.3) is 11.1 Å². The Bertz CT molecular complexity index is 849. The summed E-state index contributed by atoms with van der Waals surface area (Å²) in [5.41, 5.74) is 7.69. The summed E-state index contributed by atoms with van der Waals surface area (Å²) in [5.74, 6) is -1.94. The molecule has 0 aromatic heterocycles. The van der Waals surface area contributed by atoms with Crippen molar-refractivity contribution in [3.63, 3.8) is 0 Å². The van der Waals surface area contributed by atoms with Crippen molar-refractivity contribution in [2.24, 2.45) is 5.73 Å². The maximum Gasteiger partial charge on any atom is 0.363 e. The summed E-state index contributed by atoms with van der Waals surface area (Å²) in [6, 6.07) is 16.0. The van der Waals surface area contributed by atoms with Crippen molar-refractivity contribution in [2.45, 2.75) is 38.6 Å². The Morgan fingerprint density at radius 2 is 1.59 bits per heavy atom. The zero-order valence-electron chi connectivity index (χ0n) is 17.0. The summed E-state index contributed by atoms with van der Waals surface area (Å²) >= 11 is 0. The van der Waals surface area contributed by atoms with Crippen LogP contribution in [0.4, 0.5) is 0 Å². The van der Waals surface area contributed by atoms with Crippen LogP contribution < -0.4 is 5.73 Å². The zero-order valence-corrected chi connectivity index (χ0v) is 17.0. The van der Waals surface area contributed by atoms with Crippen molar-refractivity contribution in [3.8, 4) is 11.1 Å². The maximum atomic E-state index is 13.4. The van der Waals surface area contributed by atoms with E-state index in [1.165, 1.54) is 0 Å². The number of rotatable bonds is 10. The molecule has 0 saturated carbocycles. The molecule has 2 atom stereocenters. The number of carbonyl (C=O) groups excluding carboxylic acids is 2. The molecule has 1 unspecified atom stereocenters. The number of likely N-dealkylation sites (N-methyl/N-ethyl adjacent to an activating group) is 1. The molecular weight excluding hydrogens is 368 g/mol. The summed E-state index contributed by atoms with van der Waals surface area (Å²) < 4.78 is -0.291. The van der Waals surface area contributed by atoms with Gasteiger partial charge in [-0.15, -0.1) is 0 Å². The lowest BCUT2D eigenvalue weighted by molar-refractivity contribution is -0.847. The van der Waals surface area contributed by atoms with E-state index in [1.54, 1.807) is 19.2 Å². The lowest BCUT2D eigenvalue weighted by Crippen LogP contribution is -2.60. The van der Waals surface area contributed by atoms with E-state index in [4.69, 9.17) is 5.73 Å². The second-order valence-electron chi connectivity index (χ2n) is 7.45. The molecule has 6 heteroatoms. The first-order chi connectivity index (χ1) is 13.8. The van der Waals surface area contributed by atoms with Crippen molar-refractivity contribution in [1.82, 2.24) is 0 Å². The Morgan fingerprint density at radius 3 is 2.10 bits per heavy atom. The van der Waals surface area contributed by atoms with Gasteiger partial charge in [0.2, 0.25) is 5.91 Å². The molecule has 0 bridgehead atoms. The molecule has 6 nitrogen and oxygen atoms in total. The number of carboxylic acid groups (broad SMARTS) is 1. The van der Waals surface area contributed by atoms with Crippen LogP contribution >= 0.6 is 0 Å². The van der Waals surface area contributed by atoms with Gasteiger partial charge in [-0.3, -0.25) is 4.79 Å². The smallest absolute Gasteiger partial charge is 0.363 e. The molecule has 29 heavy (non-hydrogen) atoms. The number of carboxylic acids is 1. The minimum atomic E-state index is -1.10. The number of benzene rings is 2. The van der Waals surface area contributed by atoms with Crippen LogP contribution in [-0.2, 0) is 9.59 Å². The third-order valence-corrected chi connectivity index (χ3v) is 5.32. The van der Waals surface area contributed by atoms with E-state index in [0.29, 0.717) is 18.5 Å². The van der Waals surface area contributed by atoms with Crippen molar-refractivity contribution in [2.75, 3.05) is 13.6 Å². The van der Waals surface area contributed by atoms with Gasteiger partial charge in [0, 0.05) is 12.8 Å². The van der Waals surface area contributed by atoms with Gasteiger partial charge in [-0.2, -0.15) is 0 Å². The molecule has 0 fully saturated rings. The number of nitrogens with two attached hydrogens (primary N) is 1. The topological polar surface area (TPSA) is 97.5 Å². The minimum absolute atomic E-state index is 0.0265. The fraction of sp³-hybridized carbons (Fsp3) is 0.348. The highest BCUT2D eigenvalue weighted by molar-refractivity contribution is 5.91. The number of quaternary nitrogens is 1. The summed E-state index contributed by atoms with van der Waals surface area (Å²) in [6.07, 6.45) is 1.48. The second kappa shape index (κ2) is 9.98. The summed E-state index contributed by atoms with van der Waals surface area (Å²) in [7, 11) is 1.64. The van der Waals surface area contributed by atoms with E-state index in [-0.39, 0.29) is 23.2 Å². The number of primary amides is 1. The molecule has 0 aliphatic rings. The number of aliphatic carboxylic acids is 1. The highest BCUT2D eigenvalue weighted by Crippen LogP contribution is 2.25. The highest BCUT2D eigenvalue weighted by Gasteiger charge is 2.44. The van der Waals surface area contributed by atoms with Gasteiger partial charge in [-0.1, -0.05) is 55.8 Å². The molecule has 0 aliphatic heterocycles. The standard InChI is InChI=1S/C23H28N2O4/c1-3-4-16-25(2,20(23(28)29)14-15-21(24)26)22(27)19-12-10-18(11-13-19)17-8-6-5-7-9-17/h5-13,20H,3-4,14-16H2,1-2H3,(H2-,24,26,28,29)/p+1/t20-,25?/m0/s1. The first kappa shape index (κ1) is 22.3. The van der Waals surface area contributed by atoms with Crippen LogP contribution in [-0.4, -0.2) is 47.0 Å². The quantitative estimate of drug-likeness (QED) is 0.600. The van der Waals surface area contributed by atoms with Gasteiger partial charge in [0.1, 0.15) is 0 Å². The molecular formula is C23H29N2O4+. The predicted molar refractivity (Wildman–Crippen MR) is 112 cm³/mol. The van der Waals surface area contributed by atoms with Crippen LogP contribution in [0.3, 0.4) is 0 Å². The lowest BCUT2D eigenvalue weighted by Gasteiger charge is -2.37. The maximum absolute atomic E-state index is 13.4. The molecule has 2 rings (SSSR count). The fourth-order valence-electron chi connectivity index (χ4n) is 3.55. The number of nitrogens with zero attached hydrogens (tertiary/aromatic N) is 1. The molecule has 0 spiro atoms. The highest BCUT2D eigenvalue weighted by atomic mass is 16.4. The third kappa shape index (κ3) is 5.51. The molecule has 154 valence electrons. The van der Waals surface area contributed by atoms with Crippen LogP contribution in [0.2, 0.25) is 0 Å². The molecule has 0 radical (unpaired) electrons. The van der Waals surface area contributed by atoms with Gasteiger partial charge in [0.15, 0.2) is 6.04 Å². The van der Waals surface area contributed by atoms with E-state index in [0.717, 1.165) is 17.5 Å². The van der Waals surface area contributed by atoms with Crippen LogP contribution in [0.15, 0.2) is 54.6 Å². The summed E-state index contributed by atoms with van der Waals surface area (Å²) in [4.78, 5) is 36.6. The van der Waals surface area contributed by atoms with Gasteiger partial charge in [-0.05, 0) is 29.7 Å². The Balaban J connectivity index is 2.35. The first-order valence-electron chi connectivity index (χ1n) is 9.86. The number of amides is 2. The minimum Gasteiger partial charge on any atom is -0.477 e. The van der Waals surface area contributed by atoms with E-state index >= 15 is 0 Å². The van der Waals surface area contributed by atoms with Crippen molar-refractivity contribution >= 4 is 17.8 Å². The van der Waals surface area contributed by atoms with Gasteiger partial charge in [0.05, 0.1) is 19.2 Å². The zero-order chi connectivity index (χ0) is 21.4.